The molecule has 1 aliphatic heterocycles. The van der Waals surface area contributed by atoms with Crippen LogP contribution < -0.4 is 5.32 Å². The molecule has 2 aromatic rings. The molecule has 2 nitrogen and oxygen atoms in total. The molecule has 3 heterocycles. The maximum atomic E-state index is 6.12. The Hall–Kier alpha value is -0.390. The molecule has 2 unspecified atom stereocenters. The van der Waals surface area contributed by atoms with E-state index < -0.39 is 0 Å². The topological polar surface area (TPSA) is 15.3 Å². The fraction of sp³-hybridized carbons (Fsp3) is 0.467. The summed E-state index contributed by atoms with van der Waals surface area (Å²) in [5.41, 5.74) is 0. The highest BCUT2D eigenvalue weighted by Crippen LogP contribution is 2.33. The number of rotatable bonds is 4. The molecule has 20 heavy (non-hydrogen) atoms. The molecule has 1 N–H and O–H groups in total. The average molecular weight is 327 g/mol. The van der Waals surface area contributed by atoms with Gasteiger partial charge in [0.15, 0.2) is 0 Å². The van der Waals surface area contributed by atoms with Gasteiger partial charge in [-0.25, -0.2) is 0 Å². The minimum Gasteiger partial charge on any atom is -0.305 e. The Bertz CT molecular complexity index is 538. The number of thiophene rings is 2. The second-order valence-corrected chi connectivity index (χ2v) is 8.08. The smallest absolute Gasteiger partial charge is 0.0931 e. The van der Waals surface area contributed by atoms with Crippen molar-refractivity contribution in [2.24, 2.45) is 0 Å². The minimum atomic E-state index is 0.281. The fourth-order valence-corrected chi connectivity index (χ4v) is 4.80. The predicted molar refractivity (Wildman–Crippen MR) is 89.1 cm³/mol. The molecular weight excluding hydrogens is 308 g/mol. The van der Waals surface area contributed by atoms with Crippen molar-refractivity contribution >= 4 is 34.3 Å². The van der Waals surface area contributed by atoms with Crippen molar-refractivity contribution in [3.05, 3.63) is 43.7 Å². The third-order valence-corrected chi connectivity index (χ3v) is 5.97. The number of likely N-dealkylation sites (tertiary alicyclic amines) is 1. The second-order valence-electron chi connectivity index (χ2n) is 5.36. The lowest BCUT2D eigenvalue weighted by atomic mass is 10.0. The van der Waals surface area contributed by atoms with E-state index in [0.717, 1.165) is 10.9 Å². The first-order chi connectivity index (χ1) is 9.72. The van der Waals surface area contributed by atoms with Crippen LogP contribution in [-0.2, 0) is 0 Å². The van der Waals surface area contributed by atoms with Gasteiger partial charge >= 0.3 is 0 Å². The van der Waals surface area contributed by atoms with Crippen molar-refractivity contribution in [2.75, 3.05) is 20.1 Å². The highest BCUT2D eigenvalue weighted by molar-refractivity contribution is 7.16. The van der Waals surface area contributed by atoms with E-state index in [4.69, 9.17) is 11.6 Å². The van der Waals surface area contributed by atoms with E-state index in [1.54, 1.807) is 11.3 Å². The number of hydrogen-bond acceptors (Lipinski definition) is 4. The molecule has 0 radical (unpaired) electrons. The second kappa shape index (κ2) is 6.58. The van der Waals surface area contributed by atoms with Crippen LogP contribution in [0.4, 0.5) is 0 Å². The van der Waals surface area contributed by atoms with Crippen LogP contribution in [0.5, 0.6) is 0 Å². The van der Waals surface area contributed by atoms with Crippen LogP contribution in [0.2, 0.25) is 4.34 Å². The normalized spacial score (nSPS) is 22.0. The van der Waals surface area contributed by atoms with Gasteiger partial charge in [-0.3, -0.25) is 0 Å². The first-order valence-electron chi connectivity index (χ1n) is 6.95. The van der Waals surface area contributed by atoms with Crippen LogP contribution >= 0.6 is 34.3 Å². The summed E-state index contributed by atoms with van der Waals surface area (Å²) < 4.78 is 0.865. The molecular formula is C15H19ClN2S2. The predicted octanol–water partition coefficient (Wildman–Crippen LogP) is 4.24. The molecule has 0 saturated carbocycles. The Morgan fingerprint density at radius 2 is 2.25 bits per heavy atom. The van der Waals surface area contributed by atoms with E-state index in [2.05, 4.69) is 40.8 Å². The number of nitrogens with one attached hydrogen (secondary N) is 1. The van der Waals surface area contributed by atoms with Crippen LogP contribution in [0.15, 0.2) is 29.6 Å². The molecule has 1 aliphatic rings. The van der Waals surface area contributed by atoms with Gasteiger partial charge in [0.1, 0.15) is 0 Å². The zero-order valence-electron chi connectivity index (χ0n) is 11.5. The monoisotopic (exact) mass is 326 g/mol. The van der Waals surface area contributed by atoms with Crippen molar-refractivity contribution in [1.82, 2.24) is 10.2 Å². The zero-order chi connectivity index (χ0) is 13.9. The highest BCUT2D eigenvalue weighted by Gasteiger charge is 2.24. The first-order valence-corrected chi connectivity index (χ1v) is 9.03. The zero-order valence-corrected chi connectivity index (χ0v) is 13.9. The summed E-state index contributed by atoms with van der Waals surface area (Å²) in [6, 6.07) is 9.32. The van der Waals surface area contributed by atoms with E-state index in [1.165, 1.54) is 29.1 Å². The molecule has 1 saturated heterocycles. The van der Waals surface area contributed by atoms with E-state index >= 15 is 0 Å². The van der Waals surface area contributed by atoms with Gasteiger partial charge in [0.25, 0.3) is 0 Å². The number of halogens is 1. The molecule has 0 amide bonds. The van der Waals surface area contributed by atoms with E-state index in [1.807, 2.05) is 17.4 Å². The van der Waals surface area contributed by atoms with Gasteiger partial charge in [0, 0.05) is 22.3 Å². The lowest BCUT2D eigenvalue weighted by molar-refractivity contribution is 0.222. The number of piperidine rings is 1. The summed E-state index contributed by atoms with van der Waals surface area (Å²) >= 11 is 9.61. The van der Waals surface area contributed by atoms with E-state index in [-0.39, 0.29) is 6.04 Å². The van der Waals surface area contributed by atoms with Crippen LogP contribution in [-0.4, -0.2) is 31.1 Å². The van der Waals surface area contributed by atoms with Gasteiger partial charge in [-0.05, 0) is 50.0 Å². The van der Waals surface area contributed by atoms with Gasteiger partial charge in [-0.2, -0.15) is 0 Å². The van der Waals surface area contributed by atoms with Crippen LogP contribution in [0.25, 0.3) is 0 Å². The summed E-state index contributed by atoms with van der Waals surface area (Å²) in [6.07, 6.45) is 2.53. The lowest BCUT2D eigenvalue weighted by Gasteiger charge is -2.33. The molecule has 1 fully saturated rings. The SMILES string of the molecule is CN1CCCC(NC(c2cccs2)c2ccc(Cl)s2)C1. The molecule has 0 aromatic carbocycles. The third-order valence-electron chi connectivity index (χ3n) is 3.73. The fourth-order valence-electron chi connectivity index (χ4n) is 2.78. The average Bonchev–Trinajstić information content (AvgIpc) is 3.07. The Balaban J connectivity index is 1.79. The van der Waals surface area contributed by atoms with Gasteiger partial charge in [-0.15, -0.1) is 22.7 Å². The summed E-state index contributed by atoms with van der Waals surface area (Å²) in [4.78, 5) is 5.09. The summed E-state index contributed by atoms with van der Waals surface area (Å²) in [7, 11) is 2.20. The quantitative estimate of drug-likeness (QED) is 0.904. The maximum absolute atomic E-state index is 6.12. The minimum absolute atomic E-state index is 0.281. The van der Waals surface area contributed by atoms with Crippen molar-refractivity contribution in [2.45, 2.75) is 24.9 Å². The third kappa shape index (κ3) is 3.43. The molecule has 0 aliphatic carbocycles. The van der Waals surface area contributed by atoms with Crippen molar-refractivity contribution < 1.29 is 0 Å². The first kappa shape index (κ1) is 14.5. The van der Waals surface area contributed by atoms with E-state index in [0.29, 0.717) is 6.04 Å². The van der Waals surface area contributed by atoms with Crippen LogP contribution in [0.1, 0.15) is 28.6 Å². The molecule has 108 valence electrons. The Kier molecular flexibility index (Phi) is 4.79. The van der Waals surface area contributed by atoms with Gasteiger partial charge < -0.3 is 10.2 Å². The number of hydrogen-bond donors (Lipinski definition) is 1. The van der Waals surface area contributed by atoms with Crippen LogP contribution in [0, 0.1) is 0 Å². The molecule has 5 heteroatoms. The van der Waals surface area contributed by atoms with Gasteiger partial charge in [0.2, 0.25) is 0 Å². The van der Waals surface area contributed by atoms with Crippen molar-refractivity contribution in [1.29, 1.82) is 0 Å². The highest BCUT2D eigenvalue weighted by atomic mass is 35.5. The Morgan fingerprint density at radius 3 is 2.90 bits per heavy atom. The summed E-state index contributed by atoms with van der Waals surface area (Å²) in [5.74, 6) is 0. The lowest BCUT2D eigenvalue weighted by Crippen LogP contribution is -2.45. The molecule has 3 rings (SSSR count). The number of nitrogens with zero attached hydrogens (tertiary/aromatic N) is 1. The summed E-state index contributed by atoms with van der Waals surface area (Å²) in [5, 5.41) is 5.98. The molecule has 2 aromatic heterocycles. The molecule has 0 bridgehead atoms. The van der Waals surface area contributed by atoms with Crippen LogP contribution in [0.3, 0.4) is 0 Å². The van der Waals surface area contributed by atoms with Crippen molar-refractivity contribution in [3.63, 3.8) is 0 Å². The number of likely N-dealkylation sites (N-methyl/N-ethyl adjacent to an activating group) is 1. The largest absolute Gasteiger partial charge is 0.305 e. The maximum Gasteiger partial charge on any atom is 0.0931 e. The summed E-state index contributed by atoms with van der Waals surface area (Å²) in [6.45, 7) is 2.34. The van der Waals surface area contributed by atoms with E-state index in [9.17, 15) is 0 Å². The van der Waals surface area contributed by atoms with Gasteiger partial charge in [-0.1, -0.05) is 17.7 Å². The molecule has 0 spiro atoms. The Morgan fingerprint density at radius 1 is 1.35 bits per heavy atom. The molecule has 2 atom stereocenters. The van der Waals surface area contributed by atoms with Gasteiger partial charge in [0.05, 0.1) is 10.4 Å². The standard InChI is InChI=1S/C15H19ClN2S2/c1-18-8-2-4-11(10-18)17-15(12-5-3-9-19-12)13-6-7-14(16)20-13/h3,5-7,9,11,15,17H,2,4,8,10H2,1H3. The van der Waals surface area contributed by atoms with Crippen molar-refractivity contribution in [3.8, 4) is 0 Å². The Labute approximate surface area is 133 Å².